The van der Waals surface area contributed by atoms with E-state index in [4.69, 9.17) is 11.6 Å². The smallest absolute Gasteiger partial charge is 0.278 e. The van der Waals surface area contributed by atoms with Gasteiger partial charge in [0.1, 0.15) is 5.69 Å². The normalized spacial score (nSPS) is 10.5. The van der Waals surface area contributed by atoms with E-state index >= 15 is 0 Å². The minimum atomic E-state index is -0.138. The van der Waals surface area contributed by atoms with E-state index in [2.05, 4.69) is 9.97 Å². The highest BCUT2D eigenvalue weighted by atomic mass is 35.5. The summed E-state index contributed by atoms with van der Waals surface area (Å²) in [6.07, 6.45) is 3.46. The van der Waals surface area contributed by atoms with Crippen LogP contribution < -0.4 is 4.90 Å². The number of hydrogen-bond donors (Lipinski definition) is 0. The van der Waals surface area contributed by atoms with Crippen LogP contribution in [-0.4, -0.2) is 15.9 Å². The molecular formula is C17H14ClN3OS. The first-order valence-corrected chi connectivity index (χ1v) is 8.28. The molecule has 0 saturated carbocycles. The van der Waals surface area contributed by atoms with Crippen molar-refractivity contribution >= 4 is 34.5 Å². The van der Waals surface area contributed by atoms with E-state index in [1.807, 2.05) is 31.2 Å². The number of hydrogen-bond acceptors (Lipinski definition) is 4. The first-order valence-electron chi connectivity index (χ1n) is 7.02. The highest BCUT2D eigenvalue weighted by Crippen LogP contribution is 2.23. The average Bonchev–Trinajstić information content (AvgIpc) is 3.00. The van der Waals surface area contributed by atoms with E-state index in [1.54, 1.807) is 34.8 Å². The number of benzene rings is 1. The van der Waals surface area contributed by atoms with Gasteiger partial charge in [0.15, 0.2) is 0 Å². The number of aromatic nitrogens is 2. The van der Waals surface area contributed by atoms with Crippen LogP contribution in [0.2, 0.25) is 5.02 Å². The van der Waals surface area contributed by atoms with Gasteiger partial charge in [-0.1, -0.05) is 17.7 Å². The van der Waals surface area contributed by atoms with Crippen LogP contribution in [0.4, 0.5) is 5.69 Å². The molecule has 0 spiro atoms. The molecule has 0 fully saturated rings. The van der Waals surface area contributed by atoms with Gasteiger partial charge in [0.25, 0.3) is 5.91 Å². The Kier molecular flexibility index (Phi) is 4.69. The lowest BCUT2D eigenvalue weighted by Crippen LogP contribution is -2.30. The van der Waals surface area contributed by atoms with Crippen molar-refractivity contribution in [2.24, 2.45) is 0 Å². The lowest BCUT2D eigenvalue weighted by molar-refractivity contribution is 0.0981. The number of carbonyl (C=O) groups excluding carboxylic acids is 1. The van der Waals surface area contributed by atoms with Crippen molar-refractivity contribution in [3.8, 4) is 0 Å². The fourth-order valence-electron chi connectivity index (χ4n) is 2.18. The Labute approximate surface area is 143 Å². The molecular weight excluding hydrogens is 330 g/mol. The number of pyridine rings is 1. The molecule has 0 radical (unpaired) electrons. The maximum atomic E-state index is 12.9. The van der Waals surface area contributed by atoms with Crippen molar-refractivity contribution in [2.75, 3.05) is 4.90 Å². The van der Waals surface area contributed by atoms with Gasteiger partial charge in [0.2, 0.25) is 0 Å². The van der Waals surface area contributed by atoms with Crippen LogP contribution in [0.5, 0.6) is 0 Å². The number of thiazole rings is 1. The average molecular weight is 344 g/mol. The highest BCUT2D eigenvalue weighted by molar-refractivity contribution is 7.09. The Bertz CT molecular complexity index is 802. The highest BCUT2D eigenvalue weighted by Gasteiger charge is 2.20. The van der Waals surface area contributed by atoms with Crippen LogP contribution in [0, 0.1) is 6.92 Å². The molecule has 0 aliphatic rings. The third kappa shape index (κ3) is 3.75. The Balaban J connectivity index is 1.95. The maximum absolute atomic E-state index is 12.9. The summed E-state index contributed by atoms with van der Waals surface area (Å²) in [5.74, 6) is -0.138. The summed E-state index contributed by atoms with van der Waals surface area (Å²) in [5.41, 5.74) is 2.17. The molecule has 2 heterocycles. The van der Waals surface area contributed by atoms with Gasteiger partial charge in [-0.3, -0.25) is 9.78 Å². The number of carbonyl (C=O) groups is 1. The summed E-state index contributed by atoms with van der Waals surface area (Å²) in [6.45, 7) is 2.31. The SMILES string of the molecule is Cc1nc(C(=O)N(Cc2cccnc2)c2ccc(Cl)cc2)cs1. The molecule has 116 valence electrons. The second kappa shape index (κ2) is 6.89. The van der Waals surface area contributed by atoms with E-state index in [9.17, 15) is 4.79 Å². The van der Waals surface area contributed by atoms with Gasteiger partial charge in [0, 0.05) is 28.5 Å². The van der Waals surface area contributed by atoms with Crippen LogP contribution in [0.15, 0.2) is 54.2 Å². The number of halogens is 1. The molecule has 0 aliphatic carbocycles. The van der Waals surface area contributed by atoms with E-state index in [1.165, 1.54) is 11.3 Å². The molecule has 0 unspecified atom stereocenters. The molecule has 23 heavy (non-hydrogen) atoms. The fourth-order valence-corrected chi connectivity index (χ4v) is 2.89. The maximum Gasteiger partial charge on any atom is 0.278 e. The molecule has 1 amide bonds. The van der Waals surface area contributed by atoms with Gasteiger partial charge in [-0.2, -0.15) is 0 Å². The predicted octanol–water partition coefficient (Wildman–Crippen LogP) is 4.35. The molecule has 3 rings (SSSR count). The van der Waals surface area contributed by atoms with Crippen LogP contribution in [-0.2, 0) is 6.54 Å². The van der Waals surface area contributed by atoms with Crippen molar-refractivity contribution in [1.82, 2.24) is 9.97 Å². The van der Waals surface area contributed by atoms with Crippen LogP contribution in [0.3, 0.4) is 0 Å². The Hall–Kier alpha value is -2.24. The van der Waals surface area contributed by atoms with Crippen molar-refractivity contribution in [1.29, 1.82) is 0 Å². The minimum absolute atomic E-state index is 0.138. The number of nitrogens with zero attached hydrogens (tertiary/aromatic N) is 3. The molecule has 0 bridgehead atoms. The van der Waals surface area contributed by atoms with Crippen molar-refractivity contribution in [3.05, 3.63) is 75.5 Å². The summed E-state index contributed by atoms with van der Waals surface area (Å²) in [6, 6.07) is 11.0. The monoisotopic (exact) mass is 343 g/mol. The van der Waals surface area contributed by atoms with Gasteiger partial charge >= 0.3 is 0 Å². The van der Waals surface area contributed by atoms with Gasteiger partial charge in [-0.15, -0.1) is 11.3 Å². The van der Waals surface area contributed by atoms with Gasteiger partial charge in [-0.25, -0.2) is 4.98 Å². The Morgan fingerprint density at radius 3 is 2.65 bits per heavy atom. The first-order chi connectivity index (χ1) is 11.1. The van der Waals surface area contributed by atoms with Gasteiger partial charge in [0.05, 0.1) is 11.6 Å². The molecule has 0 saturated heterocycles. The van der Waals surface area contributed by atoms with Gasteiger partial charge in [-0.05, 0) is 42.8 Å². The van der Waals surface area contributed by atoms with Crippen molar-refractivity contribution in [2.45, 2.75) is 13.5 Å². The second-order valence-electron chi connectivity index (χ2n) is 4.98. The van der Waals surface area contributed by atoms with Gasteiger partial charge < -0.3 is 4.90 Å². The number of amides is 1. The number of anilines is 1. The van der Waals surface area contributed by atoms with Crippen LogP contribution in [0.25, 0.3) is 0 Å². The summed E-state index contributed by atoms with van der Waals surface area (Å²) in [5, 5.41) is 3.28. The molecule has 0 aliphatic heterocycles. The topological polar surface area (TPSA) is 46.1 Å². The Morgan fingerprint density at radius 2 is 2.04 bits per heavy atom. The molecule has 0 N–H and O–H groups in total. The minimum Gasteiger partial charge on any atom is -0.303 e. The third-order valence-corrected chi connectivity index (χ3v) is 4.31. The largest absolute Gasteiger partial charge is 0.303 e. The van der Waals surface area contributed by atoms with Crippen molar-refractivity contribution < 1.29 is 4.79 Å². The quantitative estimate of drug-likeness (QED) is 0.707. The van der Waals surface area contributed by atoms with E-state index in [-0.39, 0.29) is 5.91 Å². The van der Waals surface area contributed by atoms with Crippen LogP contribution >= 0.6 is 22.9 Å². The van der Waals surface area contributed by atoms with E-state index < -0.39 is 0 Å². The van der Waals surface area contributed by atoms with E-state index in [0.29, 0.717) is 17.3 Å². The van der Waals surface area contributed by atoms with E-state index in [0.717, 1.165) is 16.3 Å². The number of aryl methyl sites for hydroxylation is 1. The Morgan fingerprint density at radius 1 is 1.26 bits per heavy atom. The first kappa shape index (κ1) is 15.6. The predicted molar refractivity (Wildman–Crippen MR) is 93.1 cm³/mol. The molecule has 3 aromatic rings. The zero-order valence-electron chi connectivity index (χ0n) is 12.4. The number of rotatable bonds is 4. The second-order valence-corrected chi connectivity index (χ2v) is 6.48. The standard InChI is InChI=1S/C17H14ClN3OS/c1-12-20-16(11-23-12)17(22)21(10-13-3-2-8-19-9-13)15-6-4-14(18)5-7-15/h2-9,11H,10H2,1H3. The fraction of sp³-hybridized carbons (Fsp3) is 0.118. The molecule has 4 nitrogen and oxygen atoms in total. The third-order valence-electron chi connectivity index (χ3n) is 3.29. The lowest BCUT2D eigenvalue weighted by atomic mass is 10.2. The summed E-state index contributed by atoms with van der Waals surface area (Å²) in [4.78, 5) is 23.0. The van der Waals surface area contributed by atoms with Crippen LogP contribution in [0.1, 0.15) is 21.1 Å². The van der Waals surface area contributed by atoms with Crippen molar-refractivity contribution in [3.63, 3.8) is 0 Å². The molecule has 1 aromatic carbocycles. The molecule has 2 aromatic heterocycles. The zero-order chi connectivity index (χ0) is 16.2. The molecule has 6 heteroatoms. The summed E-state index contributed by atoms with van der Waals surface area (Å²) in [7, 11) is 0. The molecule has 0 atom stereocenters. The summed E-state index contributed by atoms with van der Waals surface area (Å²) < 4.78 is 0. The summed E-state index contributed by atoms with van der Waals surface area (Å²) >= 11 is 7.41. The lowest BCUT2D eigenvalue weighted by Gasteiger charge is -2.22. The zero-order valence-corrected chi connectivity index (χ0v) is 14.0.